The molecule has 62 heavy (non-hydrogen) atoms. The molecule has 0 aromatic heterocycles. The average Bonchev–Trinajstić information content (AvgIpc) is 3.27. The molecule has 1 unspecified atom stereocenters. The van der Waals surface area contributed by atoms with Crippen LogP contribution in [-0.4, -0.2) is 37.2 Å². The first kappa shape index (κ1) is 58.9. The van der Waals surface area contributed by atoms with E-state index in [0.29, 0.717) is 25.7 Å². The van der Waals surface area contributed by atoms with Crippen LogP contribution in [0.25, 0.3) is 0 Å². The maximum Gasteiger partial charge on any atom is 0.306 e. The van der Waals surface area contributed by atoms with Crippen molar-refractivity contribution in [3.05, 3.63) is 72.9 Å². The van der Waals surface area contributed by atoms with Crippen LogP contribution in [0.1, 0.15) is 245 Å². The molecule has 0 saturated heterocycles. The van der Waals surface area contributed by atoms with Crippen molar-refractivity contribution in [1.82, 2.24) is 0 Å². The molecule has 0 aromatic carbocycles. The van der Waals surface area contributed by atoms with Crippen LogP contribution in [0.3, 0.4) is 0 Å². The number of esters is 3. The quantitative estimate of drug-likeness (QED) is 0.0262. The molecular formula is C56H96O6. The molecule has 0 aliphatic rings. The Balaban J connectivity index is 4.37. The van der Waals surface area contributed by atoms with E-state index in [-0.39, 0.29) is 31.1 Å². The summed E-state index contributed by atoms with van der Waals surface area (Å²) in [6, 6.07) is 0. The number of carbonyl (C=O) groups is 3. The highest BCUT2D eigenvalue weighted by molar-refractivity contribution is 5.71. The van der Waals surface area contributed by atoms with Crippen LogP contribution in [-0.2, 0) is 28.6 Å². The molecule has 0 N–H and O–H groups in total. The molecule has 0 spiro atoms. The summed E-state index contributed by atoms with van der Waals surface area (Å²) in [4.78, 5) is 37.9. The van der Waals surface area contributed by atoms with E-state index >= 15 is 0 Å². The molecule has 0 rings (SSSR count). The minimum Gasteiger partial charge on any atom is -0.462 e. The third-order valence-corrected chi connectivity index (χ3v) is 10.9. The van der Waals surface area contributed by atoms with Gasteiger partial charge >= 0.3 is 17.9 Å². The Labute approximate surface area is 382 Å². The van der Waals surface area contributed by atoms with Gasteiger partial charge in [-0.25, -0.2) is 0 Å². The average molecular weight is 865 g/mol. The number of carbonyl (C=O) groups excluding carboxylic acids is 3. The van der Waals surface area contributed by atoms with Gasteiger partial charge in [-0.1, -0.05) is 196 Å². The van der Waals surface area contributed by atoms with E-state index < -0.39 is 6.10 Å². The standard InChI is InChI=1S/C56H96O6/c1-4-7-10-13-16-19-21-23-25-27-28-29-31-32-34-37-40-43-46-49-55(58)61-52-53(51-60-54(57)48-45-42-39-36-18-15-12-9-6-3)62-56(59)50-47-44-41-38-35-33-30-26-24-22-20-17-14-11-8-5-2/h7,10,16,19,23,25-26,28-30,36,39,53H,4-6,8-9,11-15,17-18,20-22,24,27,31-35,37-38,40-52H2,1-3H3/b10-7-,19-16-,25-23-,29-28-,30-26-,39-36-. The molecule has 0 heterocycles. The second-order valence-electron chi connectivity index (χ2n) is 17.0. The van der Waals surface area contributed by atoms with Crippen LogP contribution in [0, 0.1) is 0 Å². The first-order chi connectivity index (χ1) is 30.5. The summed E-state index contributed by atoms with van der Waals surface area (Å²) in [5, 5.41) is 0. The van der Waals surface area contributed by atoms with Crippen LogP contribution in [0.2, 0.25) is 0 Å². The van der Waals surface area contributed by atoms with Gasteiger partial charge < -0.3 is 14.2 Å². The molecule has 6 heteroatoms. The van der Waals surface area contributed by atoms with E-state index in [9.17, 15) is 14.4 Å². The van der Waals surface area contributed by atoms with Gasteiger partial charge in [-0.2, -0.15) is 0 Å². The molecule has 0 saturated carbocycles. The van der Waals surface area contributed by atoms with Gasteiger partial charge in [0.25, 0.3) is 0 Å². The van der Waals surface area contributed by atoms with Gasteiger partial charge in [0.15, 0.2) is 6.10 Å². The number of unbranched alkanes of at least 4 members (excludes halogenated alkanes) is 23. The second-order valence-corrected chi connectivity index (χ2v) is 17.0. The number of allylic oxidation sites excluding steroid dienone is 12. The van der Waals surface area contributed by atoms with Crippen molar-refractivity contribution in [3.63, 3.8) is 0 Å². The summed E-state index contributed by atoms with van der Waals surface area (Å²) >= 11 is 0. The fraction of sp³-hybridized carbons (Fsp3) is 0.732. The van der Waals surface area contributed by atoms with Gasteiger partial charge in [0.1, 0.15) is 13.2 Å². The lowest BCUT2D eigenvalue weighted by Crippen LogP contribution is -2.30. The Hall–Kier alpha value is -3.15. The Morgan fingerprint density at radius 2 is 0.645 bits per heavy atom. The lowest BCUT2D eigenvalue weighted by molar-refractivity contribution is -0.167. The fourth-order valence-corrected chi connectivity index (χ4v) is 7.02. The van der Waals surface area contributed by atoms with Gasteiger partial charge in [0, 0.05) is 19.3 Å². The maximum atomic E-state index is 12.8. The number of ether oxygens (including phenoxy) is 3. The van der Waals surface area contributed by atoms with Crippen molar-refractivity contribution in [2.45, 2.75) is 252 Å². The summed E-state index contributed by atoms with van der Waals surface area (Å²) in [7, 11) is 0. The maximum absolute atomic E-state index is 12.8. The largest absolute Gasteiger partial charge is 0.462 e. The van der Waals surface area contributed by atoms with Crippen molar-refractivity contribution < 1.29 is 28.6 Å². The Kier molecular flexibility index (Phi) is 47.9. The highest BCUT2D eigenvalue weighted by Crippen LogP contribution is 2.14. The molecule has 356 valence electrons. The van der Waals surface area contributed by atoms with Gasteiger partial charge in [-0.15, -0.1) is 0 Å². The highest BCUT2D eigenvalue weighted by Gasteiger charge is 2.19. The monoisotopic (exact) mass is 865 g/mol. The van der Waals surface area contributed by atoms with Crippen LogP contribution >= 0.6 is 0 Å². The van der Waals surface area contributed by atoms with Crippen LogP contribution in [0.5, 0.6) is 0 Å². The van der Waals surface area contributed by atoms with Crippen LogP contribution in [0.15, 0.2) is 72.9 Å². The fourth-order valence-electron chi connectivity index (χ4n) is 7.02. The van der Waals surface area contributed by atoms with Gasteiger partial charge in [0.05, 0.1) is 0 Å². The number of hydrogen-bond acceptors (Lipinski definition) is 6. The number of hydrogen-bond donors (Lipinski definition) is 0. The SMILES string of the molecule is CC/C=C\C/C=C\C/C=C\C/C=C\CCCCCCCCC(=O)OCC(COC(=O)CCC/C=C\CCCCCC)OC(=O)CCCCCCC/C=C\CCCCCCCCC. The molecule has 6 nitrogen and oxygen atoms in total. The predicted octanol–water partition coefficient (Wildman–Crippen LogP) is 17.0. The molecule has 0 aliphatic heterocycles. The lowest BCUT2D eigenvalue weighted by Gasteiger charge is -2.18. The molecule has 0 amide bonds. The topological polar surface area (TPSA) is 78.9 Å². The van der Waals surface area contributed by atoms with Crippen LogP contribution < -0.4 is 0 Å². The van der Waals surface area contributed by atoms with E-state index in [4.69, 9.17) is 14.2 Å². The van der Waals surface area contributed by atoms with E-state index in [0.717, 1.165) is 103 Å². The van der Waals surface area contributed by atoms with Crippen molar-refractivity contribution >= 4 is 17.9 Å². The first-order valence-corrected chi connectivity index (χ1v) is 25.9. The van der Waals surface area contributed by atoms with Crippen molar-refractivity contribution in [2.75, 3.05) is 13.2 Å². The summed E-state index contributed by atoms with van der Waals surface area (Å²) in [6.07, 6.45) is 63.2. The van der Waals surface area contributed by atoms with Crippen molar-refractivity contribution in [3.8, 4) is 0 Å². The summed E-state index contributed by atoms with van der Waals surface area (Å²) in [6.45, 7) is 6.44. The minimum atomic E-state index is -0.795. The number of rotatable bonds is 46. The van der Waals surface area contributed by atoms with Gasteiger partial charge in [0.2, 0.25) is 0 Å². The summed E-state index contributed by atoms with van der Waals surface area (Å²) < 4.78 is 16.7. The van der Waals surface area contributed by atoms with Gasteiger partial charge in [-0.05, 0) is 103 Å². The Bertz CT molecular complexity index is 1180. The van der Waals surface area contributed by atoms with E-state index in [1.54, 1.807) is 0 Å². The predicted molar refractivity (Wildman–Crippen MR) is 265 cm³/mol. The van der Waals surface area contributed by atoms with Gasteiger partial charge in [-0.3, -0.25) is 14.4 Å². The highest BCUT2D eigenvalue weighted by atomic mass is 16.6. The molecule has 0 radical (unpaired) electrons. The third kappa shape index (κ3) is 47.9. The zero-order valence-corrected chi connectivity index (χ0v) is 40.6. The smallest absolute Gasteiger partial charge is 0.306 e. The molecule has 0 aliphatic carbocycles. The van der Waals surface area contributed by atoms with Crippen LogP contribution in [0.4, 0.5) is 0 Å². The molecule has 0 fully saturated rings. The zero-order chi connectivity index (χ0) is 45.1. The van der Waals surface area contributed by atoms with Crippen molar-refractivity contribution in [2.24, 2.45) is 0 Å². The zero-order valence-electron chi connectivity index (χ0n) is 40.6. The third-order valence-electron chi connectivity index (χ3n) is 10.9. The second kappa shape index (κ2) is 50.5. The Morgan fingerprint density at radius 1 is 0.339 bits per heavy atom. The lowest BCUT2D eigenvalue weighted by atomic mass is 10.1. The van der Waals surface area contributed by atoms with Crippen molar-refractivity contribution in [1.29, 1.82) is 0 Å². The normalized spacial score (nSPS) is 12.6. The molecule has 0 aromatic rings. The van der Waals surface area contributed by atoms with E-state index in [1.807, 2.05) is 0 Å². The minimum absolute atomic E-state index is 0.0948. The summed E-state index contributed by atoms with van der Waals surface area (Å²) in [5.74, 6) is -0.952. The molecular weight excluding hydrogens is 769 g/mol. The van der Waals surface area contributed by atoms with E-state index in [1.165, 1.54) is 96.3 Å². The molecule has 0 bridgehead atoms. The van der Waals surface area contributed by atoms with E-state index in [2.05, 4.69) is 93.7 Å². The molecule has 1 atom stereocenters. The Morgan fingerprint density at radius 3 is 1.08 bits per heavy atom. The summed E-state index contributed by atoms with van der Waals surface area (Å²) in [5.41, 5.74) is 0. The first-order valence-electron chi connectivity index (χ1n) is 25.9.